The van der Waals surface area contributed by atoms with Crippen LogP contribution in [0.2, 0.25) is 0 Å². The molecule has 2 aromatic carbocycles. The van der Waals surface area contributed by atoms with Crippen molar-refractivity contribution >= 4 is 23.0 Å². The molecule has 0 unspecified atom stereocenters. The minimum Gasteiger partial charge on any atom is -0.317 e. The molecule has 0 radical (unpaired) electrons. The Bertz CT molecular complexity index is 1360. The number of thiophene rings is 1. The second-order valence-corrected chi connectivity index (χ2v) is 10.6. The lowest BCUT2D eigenvalue weighted by molar-refractivity contribution is 0.625. The smallest absolute Gasteiger partial charge is 0.123 e. The van der Waals surface area contributed by atoms with Crippen LogP contribution in [0.3, 0.4) is 0 Å². The van der Waals surface area contributed by atoms with E-state index >= 15 is 0 Å². The fraction of sp³-hybridized carbons (Fsp3) is 0.281. The van der Waals surface area contributed by atoms with Gasteiger partial charge in [-0.2, -0.15) is 5.26 Å². The molecule has 1 heterocycles. The van der Waals surface area contributed by atoms with Gasteiger partial charge in [0, 0.05) is 15.3 Å². The second-order valence-electron chi connectivity index (χ2n) is 9.50. The maximum Gasteiger partial charge on any atom is 0.123 e. The van der Waals surface area contributed by atoms with Gasteiger partial charge in [-0.3, -0.25) is 0 Å². The number of rotatable bonds is 9. The normalized spacial score (nSPS) is 12.6. The number of benzene rings is 2. The van der Waals surface area contributed by atoms with Gasteiger partial charge in [-0.1, -0.05) is 44.3 Å². The first-order chi connectivity index (χ1) is 17.3. The lowest BCUT2D eigenvalue weighted by Gasteiger charge is -2.16. The standard InChI is InChI=1S/C32H33FN2S/c1-6-35-14-13-24-7-9-25(10-8-24)17-29-28-12-11-26(22(4)19-34)18-30(28)36-32(29)23(5)31-20(2)15-27(33)16-21(31)3/h7-10,15-16,18,35H,4-6,11-14,17H2,1-3H3. The summed E-state index contributed by atoms with van der Waals surface area (Å²) in [5, 5.41) is 12.7. The van der Waals surface area contributed by atoms with Gasteiger partial charge in [-0.05, 0) is 121 Å². The Hall–Kier alpha value is -3.26. The highest BCUT2D eigenvalue weighted by Gasteiger charge is 2.24. The molecule has 1 aliphatic rings. The van der Waals surface area contributed by atoms with Crippen molar-refractivity contribution in [2.45, 2.75) is 46.5 Å². The first-order valence-corrected chi connectivity index (χ1v) is 13.3. The summed E-state index contributed by atoms with van der Waals surface area (Å²) < 4.78 is 14.0. The molecular formula is C32H33FN2S. The van der Waals surface area contributed by atoms with Gasteiger partial charge >= 0.3 is 0 Å². The lowest BCUT2D eigenvalue weighted by atomic mass is 9.87. The van der Waals surface area contributed by atoms with E-state index < -0.39 is 0 Å². The van der Waals surface area contributed by atoms with Gasteiger partial charge in [0.15, 0.2) is 0 Å². The summed E-state index contributed by atoms with van der Waals surface area (Å²) in [7, 11) is 0. The highest BCUT2D eigenvalue weighted by atomic mass is 32.1. The van der Waals surface area contributed by atoms with Crippen LogP contribution >= 0.6 is 11.3 Å². The summed E-state index contributed by atoms with van der Waals surface area (Å²) in [5.41, 5.74) is 10.5. The van der Waals surface area contributed by atoms with Gasteiger partial charge < -0.3 is 5.32 Å². The van der Waals surface area contributed by atoms with E-state index in [1.807, 2.05) is 13.8 Å². The Morgan fingerprint density at radius 3 is 2.39 bits per heavy atom. The van der Waals surface area contributed by atoms with Crippen molar-refractivity contribution in [3.63, 3.8) is 0 Å². The van der Waals surface area contributed by atoms with Gasteiger partial charge in [0.2, 0.25) is 0 Å². The average molecular weight is 497 g/mol. The van der Waals surface area contributed by atoms with Crippen molar-refractivity contribution in [1.29, 1.82) is 5.26 Å². The van der Waals surface area contributed by atoms with Crippen molar-refractivity contribution in [3.8, 4) is 6.07 Å². The number of fused-ring (bicyclic) bond motifs is 1. The summed E-state index contributed by atoms with van der Waals surface area (Å²) in [6.07, 6.45) is 5.65. The molecule has 4 rings (SSSR count). The first kappa shape index (κ1) is 25.8. The molecule has 0 fully saturated rings. The number of nitriles is 1. The largest absolute Gasteiger partial charge is 0.317 e. The van der Waals surface area contributed by atoms with Crippen LogP contribution in [0.15, 0.2) is 60.7 Å². The topological polar surface area (TPSA) is 35.8 Å². The SMILES string of the molecule is C=C(C#N)C1=Cc2sc(C(=C)c3c(C)cc(F)cc3C)c(Cc3ccc(CCNCC)cc3)c2CC1. The molecule has 0 aliphatic heterocycles. The number of aryl methyl sites for hydroxylation is 2. The lowest BCUT2D eigenvalue weighted by Crippen LogP contribution is -2.15. The number of likely N-dealkylation sites (N-methyl/N-ethyl adjacent to an activating group) is 1. The zero-order chi connectivity index (χ0) is 25.8. The zero-order valence-electron chi connectivity index (χ0n) is 21.4. The Labute approximate surface area is 218 Å². The van der Waals surface area contributed by atoms with Crippen molar-refractivity contribution in [1.82, 2.24) is 5.32 Å². The number of nitrogens with one attached hydrogen (secondary N) is 1. The van der Waals surface area contributed by atoms with E-state index in [1.54, 1.807) is 23.5 Å². The molecule has 184 valence electrons. The monoisotopic (exact) mass is 496 g/mol. The van der Waals surface area contributed by atoms with E-state index in [1.165, 1.54) is 27.1 Å². The maximum atomic E-state index is 14.0. The Balaban J connectivity index is 1.75. The zero-order valence-corrected chi connectivity index (χ0v) is 22.2. The van der Waals surface area contributed by atoms with E-state index in [0.29, 0.717) is 5.57 Å². The molecule has 2 nitrogen and oxygen atoms in total. The van der Waals surface area contributed by atoms with Crippen molar-refractivity contribution in [2.24, 2.45) is 0 Å². The number of hydrogen-bond donors (Lipinski definition) is 1. The molecule has 3 aromatic rings. The van der Waals surface area contributed by atoms with E-state index in [9.17, 15) is 9.65 Å². The molecule has 0 atom stereocenters. The number of nitrogens with zero attached hydrogens (tertiary/aromatic N) is 1. The van der Waals surface area contributed by atoms with E-state index in [-0.39, 0.29) is 5.82 Å². The summed E-state index contributed by atoms with van der Waals surface area (Å²) >= 11 is 1.73. The van der Waals surface area contributed by atoms with Crippen LogP contribution in [0, 0.1) is 31.0 Å². The summed E-state index contributed by atoms with van der Waals surface area (Å²) in [6.45, 7) is 16.4. The third kappa shape index (κ3) is 5.43. The highest BCUT2D eigenvalue weighted by Crippen LogP contribution is 2.43. The number of allylic oxidation sites excluding steroid dienone is 2. The molecule has 0 saturated heterocycles. The molecule has 0 spiro atoms. The maximum absolute atomic E-state index is 14.0. The summed E-state index contributed by atoms with van der Waals surface area (Å²) in [4.78, 5) is 2.33. The van der Waals surface area contributed by atoms with Crippen LogP contribution in [0.25, 0.3) is 11.6 Å². The molecule has 4 heteroatoms. The predicted molar refractivity (Wildman–Crippen MR) is 151 cm³/mol. The van der Waals surface area contributed by atoms with Crippen molar-refractivity contribution in [3.05, 3.63) is 115 Å². The number of hydrogen-bond acceptors (Lipinski definition) is 3. The quantitative estimate of drug-likeness (QED) is 0.243. The number of halogens is 1. The van der Waals surface area contributed by atoms with Gasteiger partial charge in [0.05, 0.1) is 6.07 Å². The third-order valence-electron chi connectivity index (χ3n) is 6.94. The molecular weight excluding hydrogens is 463 g/mol. The van der Waals surface area contributed by atoms with Gasteiger partial charge in [0.25, 0.3) is 0 Å². The molecule has 0 saturated carbocycles. The molecule has 0 bridgehead atoms. The van der Waals surface area contributed by atoms with E-state index in [0.717, 1.165) is 71.5 Å². The van der Waals surface area contributed by atoms with Crippen LogP contribution in [0.4, 0.5) is 4.39 Å². The summed E-state index contributed by atoms with van der Waals surface area (Å²) in [6, 6.07) is 14.3. The summed E-state index contributed by atoms with van der Waals surface area (Å²) in [5.74, 6) is -0.218. The highest BCUT2D eigenvalue weighted by molar-refractivity contribution is 7.14. The van der Waals surface area contributed by atoms with Crippen LogP contribution in [0.1, 0.15) is 62.0 Å². The van der Waals surface area contributed by atoms with Gasteiger partial charge in [-0.15, -0.1) is 11.3 Å². The van der Waals surface area contributed by atoms with Crippen molar-refractivity contribution in [2.75, 3.05) is 13.1 Å². The van der Waals surface area contributed by atoms with Crippen LogP contribution in [-0.4, -0.2) is 13.1 Å². The molecule has 0 amide bonds. The average Bonchev–Trinajstić information content (AvgIpc) is 3.21. The minimum absolute atomic E-state index is 0.218. The predicted octanol–water partition coefficient (Wildman–Crippen LogP) is 7.72. The van der Waals surface area contributed by atoms with Gasteiger partial charge in [-0.25, -0.2) is 4.39 Å². The minimum atomic E-state index is -0.218. The fourth-order valence-electron chi connectivity index (χ4n) is 5.08. The van der Waals surface area contributed by atoms with Crippen molar-refractivity contribution < 1.29 is 4.39 Å². The molecule has 36 heavy (non-hydrogen) atoms. The third-order valence-corrected chi connectivity index (χ3v) is 8.22. The van der Waals surface area contributed by atoms with Crippen LogP contribution < -0.4 is 5.32 Å². The Morgan fingerprint density at radius 2 is 1.75 bits per heavy atom. The Morgan fingerprint density at radius 1 is 1.08 bits per heavy atom. The molecule has 1 aromatic heterocycles. The van der Waals surface area contributed by atoms with E-state index in [4.69, 9.17) is 0 Å². The fourth-order valence-corrected chi connectivity index (χ4v) is 6.39. The van der Waals surface area contributed by atoms with Gasteiger partial charge in [0.1, 0.15) is 5.82 Å². The van der Waals surface area contributed by atoms with Crippen LogP contribution in [-0.2, 0) is 19.3 Å². The Kier molecular flexibility index (Phi) is 8.04. The second kappa shape index (κ2) is 11.2. The van der Waals surface area contributed by atoms with E-state index in [2.05, 4.69) is 61.8 Å². The molecule has 1 N–H and O–H groups in total. The first-order valence-electron chi connectivity index (χ1n) is 12.5. The van der Waals surface area contributed by atoms with Crippen LogP contribution in [0.5, 0.6) is 0 Å². The molecule has 1 aliphatic carbocycles.